The maximum Gasteiger partial charge on any atom is 0.328 e. The third kappa shape index (κ3) is 3.22. The molecule has 0 unspecified atom stereocenters. The second-order valence-electron chi connectivity index (χ2n) is 4.47. The van der Waals surface area contributed by atoms with Crippen LogP contribution in [0.25, 0.3) is 0 Å². The Labute approximate surface area is 112 Å². The molecule has 0 radical (unpaired) electrons. The van der Waals surface area contributed by atoms with Crippen LogP contribution in [0.1, 0.15) is 18.4 Å². The summed E-state index contributed by atoms with van der Waals surface area (Å²) in [5.41, 5.74) is 1.00. The Morgan fingerprint density at radius 3 is 2.79 bits per heavy atom. The zero-order chi connectivity index (χ0) is 13.7. The number of esters is 1. The smallest absolute Gasteiger partial charge is 0.328 e. The van der Waals surface area contributed by atoms with E-state index in [1.54, 1.807) is 4.90 Å². The van der Waals surface area contributed by atoms with Crippen molar-refractivity contribution in [2.45, 2.75) is 25.4 Å². The zero-order valence-corrected chi connectivity index (χ0v) is 10.9. The van der Waals surface area contributed by atoms with Gasteiger partial charge in [0.2, 0.25) is 5.91 Å². The van der Waals surface area contributed by atoms with Crippen LogP contribution in [0.4, 0.5) is 0 Å². The maximum absolute atomic E-state index is 12.1. The van der Waals surface area contributed by atoms with Gasteiger partial charge in [-0.25, -0.2) is 4.79 Å². The number of carbonyl (C=O) groups excluding carboxylic acids is 2. The minimum Gasteiger partial charge on any atom is -0.467 e. The van der Waals surface area contributed by atoms with Crippen molar-refractivity contribution in [1.82, 2.24) is 4.90 Å². The number of hydrogen-bond donors (Lipinski definition) is 0. The Balaban J connectivity index is 2.22. The predicted octanol–water partition coefficient (Wildman–Crippen LogP) is 1.91. The monoisotopic (exact) mass is 259 g/mol. The van der Waals surface area contributed by atoms with Crippen LogP contribution in [-0.4, -0.2) is 29.9 Å². The van der Waals surface area contributed by atoms with E-state index in [-0.39, 0.29) is 11.9 Å². The van der Waals surface area contributed by atoms with Crippen LogP contribution in [0.3, 0.4) is 0 Å². The lowest BCUT2D eigenvalue weighted by molar-refractivity contribution is -0.151. The fraction of sp³-hybridized carbons (Fsp3) is 0.333. The molecule has 0 fully saturated rings. The number of hydrogen-bond acceptors (Lipinski definition) is 3. The third-order valence-corrected chi connectivity index (χ3v) is 3.20. The molecule has 0 N–H and O–H groups in total. The lowest BCUT2D eigenvalue weighted by Gasteiger charge is -2.27. The van der Waals surface area contributed by atoms with Crippen molar-refractivity contribution in [3.05, 3.63) is 48.0 Å². The summed E-state index contributed by atoms with van der Waals surface area (Å²) in [7, 11) is 1.35. The number of rotatable bonds is 3. The SMILES string of the molecule is COC(=O)[C@H]1CCC=CC(=O)N1Cc1ccccc1. The van der Waals surface area contributed by atoms with Crippen molar-refractivity contribution in [3.63, 3.8) is 0 Å². The van der Waals surface area contributed by atoms with E-state index >= 15 is 0 Å². The van der Waals surface area contributed by atoms with Crippen LogP contribution in [0.15, 0.2) is 42.5 Å². The summed E-state index contributed by atoms with van der Waals surface area (Å²) in [4.78, 5) is 25.5. The van der Waals surface area contributed by atoms with Crippen LogP contribution in [0.2, 0.25) is 0 Å². The molecule has 1 heterocycles. The van der Waals surface area contributed by atoms with E-state index in [2.05, 4.69) is 0 Å². The minimum atomic E-state index is -0.507. The summed E-state index contributed by atoms with van der Waals surface area (Å²) in [5, 5.41) is 0. The van der Waals surface area contributed by atoms with Gasteiger partial charge in [-0.05, 0) is 24.5 Å². The van der Waals surface area contributed by atoms with Gasteiger partial charge in [-0.1, -0.05) is 36.4 Å². The van der Waals surface area contributed by atoms with E-state index in [9.17, 15) is 9.59 Å². The van der Waals surface area contributed by atoms with E-state index in [0.29, 0.717) is 19.4 Å². The number of allylic oxidation sites excluding steroid dienone is 1. The number of ether oxygens (including phenoxy) is 1. The molecule has 0 bridgehead atoms. The molecule has 1 aliphatic rings. The predicted molar refractivity (Wildman–Crippen MR) is 71.2 cm³/mol. The maximum atomic E-state index is 12.1. The molecule has 1 aromatic rings. The molecule has 0 saturated heterocycles. The molecule has 19 heavy (non-hydrogen) atoms. The second-order valence-corrected chi connectivity index (χ2v) is 4.47. The number of nitrogens with zero attached hydrogens (tertiary/aromatic N) is 1. The van der Waals surface area contributed by atoms with Crippen LogP contribution in [0.5, 0.6) is 0 Å². The molecule has 1 aromatic carbocycles. The second kappa shape index (κ2) is 6.18. The first-order valence-electron chi connectivity index (χ1n) is 6.31. The summed E-state index contributed by atoms with van der Waals surface area (Å²) in [6, 6.07) is 9.13. The summed E-state index contributed by atoms with van der Waals surface area (Å²) in [6.45, 7) is 0.420. The minimum absolute atomic E-state index is 0.142. The molecular weight excluding hydrogens is 242 g/mol. The third-order valence-electron chi connectivity index (χ3n) is 3.20. The van der Waals surface area contributed by atoms with Gasteiger partial charge in [-0.15, -0.1) is 0 Å². The van der Waals surface area contributed by atoms with Crippen molar-refractivity contribution in [2.24, 2.45) is 0 Å². The highest BCUT2D eigenvalue weighted by atomic mass is 16.5. The van der Waals surface area contributed by atoms with Crippen LogP contribution >= 0.6 is 0 Å². The molecule has 0 aliphatic carbocycles. The summed E-state index contributed by atoms with van der Waals surface area (Å²) in [5.74, 6) is -0.496. The topological polar surface area (TPSA) is 46.6 Å². The molecule has 1 aliphatic heterocycles. The van der Waals surface area contributed by atoms with Gasteiger partial charge >= 0.3 is 5.97 Å². The average molecular weight is 259 g/mol. The Bertz CT molecular complexity index is 481. The molecule has 2 rings (SSSR count). The largest absolute Gasteiger partial charge is 0.467 e. The standard InChI is InChI=1S/C15H17NO3/c1-19-15(18)13-9-5-6-10-14(17)16(13)11-12-7-3-2-4-8-12/h2-4,6-8,10,13H,5,9,11H2,1H3/t13-/m1/s1. The van der Waals surface area contributed by atoms with Gasteiger partial charge < -0.3 is 9.64 Å². The molecule has 0 saturated carbocycles. The molecule has 1 atom stereocenters. The van der Waals surface area contributed by atoms with Gasteiger partial charge in [0, 0.05) is 6.54 Å². The number of benzene rings is 1. The van der Waals surface area contributed by atoms with E-state index in [4.69, 9.17) is 4.74 Å². The summed E-state index contributed by atoms with van der Waals surface area (Å²) < 4.78 is 4.80. The number of methoxy groups -OCH3 is 1. The molecule has 0 aromatic heterocycles. The van der Waals surface area contributed by atoms with Gasteiger partial charge in [0.25, 0.3) is 0 Å². The Morgan fingerprint density at radius 1 is 1.37 bits per heavy atom. The van der Waals surface area contributed by atoms with E-state index in [1.807, 2.05) is 36.4 Å². The lowest BCUT2D eigenvalue weighted by Crippen LogP contribution is -2.43. The summed E-state index contributed by atoms with van der Waals surface area (Å²) >= 11 is 0. The Kier molecular flexibility index (Phi) is 4.34. The van der Waals surface area contributed by atoms with Gasteiger partial charge in [0.05, 0.1) is 7.11 Å². The Morgan fingerprint density at radius 2 is 2.11 bits per heavy atom. The van der Waals surface area contributed by atoms with Gasteiger partial charge in [0.15, 0.2) is 0 Å². The van der Waals surface area contributed by atoms with Gasteiger partial charge in [-0.3, -0.25) is 4.79 Å². The molecular formula is C15H17NO3. The highest BCUT2D eigenvalue weighted by Gasteiger charge is 2.30. The zero-order valence-electron chi connectivity index (χ0n) is 10.9. The first-order valence-corrected chi connectivity index (χ1v) is 6.31. The average Bonchev–Trinajstić information content (AvgIpc) is 2.62. The first kappa shape index (κ1) is 13.3. The number of carbonyl (C=O) groups is 2. The van der Waals surface area contributed by atoms with Gasteiger partial charge in [0.1, 0.15) is 6.04 Å². The lowest BCUT2D eigenvalue weighted by atomic mass is 10.1. The quantitative estimate of drug-likeness (QED) is 0.779. The number of amides is 1. The van der Waals surface area contributed by atoms with E-state index in [1.165, 1.54) is 13.2 Å². The molecule has 1 amide bonds. The van der Waals surface area contributed by atoms with Crippen LogP contribution in [0, 0.1) is 0 Å². The van der Waals surface area contributed by atoms with Crippen molar-refractivity contribution < 1.29 is 14.3 Å². The van der Waals surface area contributed by atoms with E-state index in [0.717, 1.165) is 5.56 Å². The van der Waals surface area contributed by atoms with E-state index < -0.39 is 6.04 Å². The fourth-order valence-corrected chi connectivity index (χ4v) is 2.19. The van der Waals surface area contributed by atoms with Crippen molar-refractivity contribution >= 4 is 11.9 Å². The summed E-state index contributed by atoms with van der Waals surface area (Å²) in [6.07, 6.45) is 4.65. The van der Waals surface area contributed by atoms with Gasteiger partial charge in [-0.2, -0.15) is 0 Å². The first-order chi connectivity index (χ1) is 9.22. The normalized spacial score (nSPS) is 19.1. The highest BCUT2D eigenvalue weighted by molar-refractivity contribution is 5.92. The van der Waals surface area contributed by atoms with Crippen molar-refractivity contribution in [1.29, 1.82) is 0 Å². The highest BCUT2D eigenvalue weighted by Crippen LogP contribution is 2.17. The van der Waals surface area contributed by atoms with Crippen LogP contribution in [-0.2, 0) is 20.9 Å². The fourth-order valence-electron chi connectivity index (χ4n) is 2.19. The van der Waals surface area contributed by atoms with Crippen molar-refractivity contribution in [2.75, 3.05) is 7.11 Å². The molecule has 100 valence electrons. The molecule has 4 nitrogen and oxygen atoms in total. The van der Waals surface area contributed by atoms with Crippen LogP contribution < -0.4 is 0 Å². The Hall–Kier alpha value is -2.10. The van der Waals surface area contributed by atoms with Crippen molar-refractivity contribution in [3.8, 4) is 0 Å². The molecule has 4 heteroatoms. The molecule has 0 spiro atoms.